The molecule has 10 heteroatoms. The Morgan fingerprint density at radius 3 is 2.61 bits per heavy atom. The summed E-state index contributed by atoms with van der Waals surface area (Å²) in [7, 11) is 0. The van der Waals surface area contributed by atoms with Gasteiger partial charge in [0.25, 0.3) is 5.91 Å². The van der Waals surface area contributed by atoms with E-state index in [-0.39, 0.29) is 24.3 Å². The molecule has 0 saturated carbocycles. The van der Waals surface area contributed by atoms with Gasteiger partial charge in [0.05, 0.1) is 12.0 Å². The van der Waals surface area contributed by atoms with Crippen LogP contribution in [0.1, 0.15) is 38.5 Å². The van der Waals surface area contributed by atoms with E-state index in [4.69, 9.17) is 4.74 Å². The molecular weight excluding hydrogens is 428 g/mol. The van der Waals surface area contributed by atoms with Gasteiger partial charge in [-0.25, -0.2) is 13.8 Å². The molecule has 1 N–H and O–H groups in total. The van der Waals surface area contributed by atoms with Crippen molar-refractivity contribution in [3.8, 4) is 5.13 Å². The number of amides is 1. The Bertz CT molecular complexity index is 1130. The van der Waals surface area contributed by atoms with Crippen LogP contribution in [0.4, 0.5) is 8.78 Å². The molecule has 0 aliphatic carbocycles. The topological polar surface area (TPSA) is 90.3 Å². The van der Waals surface area contributed by atoms with Crippen LogP contribution in [-0.2, 0) is 9.53 Å². The van der Waals surface area contributed by atoms with E-state index in [2.05, 4.69) is 10.3 Å². The van der Waals surface area contributed by atoms with Gasteiger partial charge < -0.3 is 10.1 Å². The van der Waals surface area contributed by atoms with E-state index in [0.717, 1.165) is 23.0 Å². The Hall–Kier alpha value is -3.40. The molecule has 2 aromatic heterocycles. The van der Waals surface area contributed by atoms with Gasteiger partial charge in [-0.2, -0.15) is 0 Å². The molecule has 0 aliphatic heterocycles. The lowest BCUT2D eigenvalue weighted by Crippen LogP contribution is -2.27. The fourth-order valence-corrected chi connectivity index (χ4v) is 3.76. The van der Waals surface area contributed by atoms with E-state index >= 15 is 0 Å². The maximum absolute atomic E-state index is 13.6. The summed E-state index contributed by atoms with van der Waals surface area (Å²) >= 11 is 1.44. The van der Waals surface area contributed by atoms with Crippen molar-refractivity contribution in [2.45, 2.75) is 20.3 Å². The average molecular weight is 447 g/mol. The molecule has 0 unspecified atom stereocenters. The molecule has 0 spiro atoms. The Labute approximate surface area is 180 Å². The number of thiazole rings is 1. The highest BCUT2D eigenvalue weighted by Gasteiger charge is 2.19. The third-order valence-corrected chi connectivity index (χ3v) is 5.25. The summed E-state index contributed by atoms with van der Waals surface area (Å²) in [4.78, 5) is 40.5. The van der Waals surface area contributed by atoms with Crippen molar-refractivity contribution in [2.24, 2.45) is 0 Å². The van der Waals surface area contributed by atoms with E-state index in [9.17, 15) is 23.2 Å². The van der Waals surface area contributed by atoms with Crippen molar-refractivity contribution in [1.82, 2.24) is 14.9 Å². The highest BCUT2D eigenvalue weighted by molar-refractivity contribution is 7.12. The standard InChI is InChI=1S/C21H19F2N3O4S/c1-12-9-16(13(2)26(12)21-25-7-8-31-21)18(27)11-30-19(28)5-6-24-20(29)15-4-3-14(22)10-17(15)23/h3-4,7-10H,5-6,11H2,1-2H3,(H,24,29). The summed E-state index contributed by atoms with van der Waals surface area (Å²) in [6.07, 6.45) is 1.46. The number of hydrogen-bond acceptors (Lipinski definition) is 6. The second kappa shape index (κ2) is 9.61. The molecule has 0 aliphatic rings. The minimum Gasteiger partial charge on any atom is -0.457 e. The van der Waals surface area contributed by atoms with Crippen molar-refractivity contribution in [3.63, 3.8) is 0 Å². The van der Waals surface area contributed by atoms with Gasteiger partial charge in [-0.15, -0.1) is 11.3 Å². The van der Waals surface area contributed by atoms with Crippen LogP contribution in [0.5, 0.6) is 0 Å². The summed E-state index contributed by atoms with van der Waals surface area (Å²) in [5.74, 6) is -3.63. The number of esters is 1. The first-order valence-electron chi connectivity index (χ1n) is 9.28. The zero-order valence-corrected chi connectivity index (χ0v) is 17.6. The monoisotopic (exact) mass is 447 g/mol. The number of ether oxygens (including phenoxy) is 1. The molecule has 0 radical (unpaired) electrons. The number of ketones is 1. The molecule has 0 fully saturated rings. The summed E-state index contributed by atoms with van der Waals surface area (Å²) in [5, 5.41) is 4.92. The summed E-state index contributed by atoms with van der Waals surface area (Å²) < 4.78 is 33.3. The summed E-state index contributed by atoms with van der Waals surface area (Å²) in [6, 6.07) is 4.28. The lowest BCUT2D eigenvalue weighted by molar-refractivity contribution is -0.142. The van der Waals surface area contributed by atoms with E-state index < -0.39 is 30.1 Å². The average Bonchev–Trinajstić information content (AvgIpc) is 3.33. The first-order valence-corrected chi connectivity index (χ1v) is 10.2. The van der Waals surface area contributed by atoms with Crippen LogP contribution in [-0.4, -0.2) is 40.4 Å². The molecule has 2 heterocycles. The van der Waals surface area contributed by atoms with Crippen molar-refractivity contribution in [2.75, 3.05) is 13.2 Å². The lowest BCUT2D eigenvalue weighted by atomic mass is 10.1. The second-order valence-corrected chi connectivity index (χ2v) is 7.52. The predicted octanol–water partition coefficient (Wildman–Crippen LogP) is 3.37. The lowest BCUT2D eigenvalue weighted by Gasteiger charge is -2.07. The summed E-state index contributed by atoms with van der Waals surface area (Å²) in [5.41, 5.74) is 1.63. The molecule has 7 nitrogen and oxygen atoms in total. The molecule has 0 saturated heterocycles. The van der Waals surface area contributed by atoms with E-state index in [1.807, 2.05) is 16.9 Å². The minimum atomic E-state index is -0.999. The van der Waals surface area contributed by atoms with Crippen LogP contribution in [0.3, 0.4) is 0 Å². The Morgan fingerprint density at radius 2 is 1.94 bits per heavy atom. The number of nitrogens with one attached hydrogen (secondary N) is 1. The maximum atomic E-state index is 13.6. The van der Waals surface area contributed by atoms with Crippen LogP contribution < -0.4 is 5.32 Å². The van der Waals surface area contributed by atoms with Crippen molar-refractivity contribution >= 4 is 29.0 Å². The number of aryl methyl sites for hydroxylation is 1. The van der Waals surface area contributed by atoms with Gasteiger partial charge >= 0.3 is 5.97 Å². The van der Waals surface area contributed by atoms with E-state index in [1.54, 1.807) is 19.2 Å². The molecule has 3 rings (SSSR count). The number of aromatic nitrogens is 2. The van der Waals surface area contributed by atoms with Crippen LogP contribution >= 0.6 is 11.3 Å². The molecule has 31 heavy (non-hydrogen) atoms. The minimum absolute atomic E-state index is 0.124. The van der Waals surface area contributed by atoms with E-state index in [1.165, 1.54) is 11.3 Å². The van der Waals surface area contributed by atoms with Crippen LogP contribution in [0.15, 0.2) is 35.8 Å². The smallest absolute Gasteiger partial charge is 0.308 e. The molecule has 0 bridgehead atoms. The summed E-state index contributed by atoms with van der Waals surface area (Å²) in [6.45, 7) is 3.07. The number of nitrogens with zero attached hydrogens (tertiary/aromatic N) is 2. The molecule has 162 valence electrons. The first kappa shape index (κ1) is 22.3. The Morgan fingerprint density at radius 1 is 1.16 bits per heavy atom. The van der Waals surface area contributed by atoms with Crippen LogP contribution in [0.25, 0.3) is 5.13 Å². The van der Waals surface area contributed by atoms with E-state index in [0.29, 0.717) is 17.3 Å². The number of rotatable bonds is 8. The fourth-order valence-electron chi connectivity index (χ4n) is 3.01. The van der Waals surface area contributed by atoms with Gasteiger partial charge in [-0.05, 0) is 32.0 Å². The molecular formula is C21H19F2N3O4S. The van der Waals surface area contributed by atoms with Gasteiger partial charge in [-0.1, -0.05) is 0 Å². The SMILES string of the molecule is Cc1cc(C(=O)COC(=O)CCNC(=O)c2ccc(F)cc2F)c(C)n1-c1nccs1. The zero-order chi connectivity index (χ0) is 22.5. The molecule has 0 atom stereocenters. The largest absolute Gasteiger partial charge is 0.457 e. The van der Waals surface area contributed by atoms with Crippen LogP contribution in [0, 0.1) is 25.5 Å². The zero-order valence-electron chi connectivity index (χ0n) is 16.8. The van der Waals surface area contributed by atoms with Crippen molar-refractivity contribution in [1.29, 1.82) is 0 Å². The van der Waals surface area contributed by atoms with Crippen molar-refractivity contribution in [3.05, 3.63) is 70.0 Å². The quantitative estimate of drug-likeness (QED) is 0.422. The van der Waals surface area contributed by atoms with Gasteiger partial charge in [0.2, 0.25) is 5.78 Å². The Kier molecular flexibility index (Phi) is 6.91. The normalized spacial score (nSPS) is 10.7. The fraction of sp³-hybridized carbons (Fsp3) is 0.238. The third kappa shape index (κ3) is 5.21. The first-order chi connectivity index (χ1) is 14.8. The Balaban J connectivity index is 1.49. The second-order valence-electron chi connectivity index (χ2n) is 6.65. The third-order valence-electron chi connectivity index (χ3n) is 4.50. The molecule has 3 aromatic rings. The number of carbonyl (C=O) groups excluding carboxylic acids is 3. The van der Waals surface area contributed by atoms with Crippen LogP contribution in [0.2, 0.25) is 0 Å². The maximum Gasteiger partial charge on any atom is 0.308 e. The highest BCUT2D eigenvalue weighted by Crippen LogP contribution is 2.22. The van der Waals surface area contributed by atoms with Gasteiger partial charge in [0.15, 0.2) is 11.7 Å². The number of Topliss-reactive ketones (excluding diaryl/α,β-unsaturated/α-hetero) is 1. The van der Waals surface area contributed by atoms with Gasteiger partial charge in [-0.3, -0.25) is 19.0 Å². The highest BCUT2D eigenvalue weighted by atomic mass is 32.1. The van der Waals surface area contributed by atoms with Crippen molar-refractivity contribution < 1.29 is 27.9 Å². The van der Waals surface area contributed by atoms with Gasteiger partial charge in [0, 0.05) is 41.1 Å². The molecule has 1 aromatic carbocycles. The number of halogens is 2. The number of hydrogen-bond donors (Lipinski definition) is 1. The predicted molar refractivity (Wildman–Crippen MR) is 110 cm³/mol. The number of carbonyl (C=O) groups is 3. The number of benzene rings is 1. The molecule has 1 amide bonds. The van der Waals surface area contributed by atoms with Gasteiger partial charge in [0.1, 0.15) is 11.6 Å².